The number of hydrogen-bond donors (Lipinski definition) is 0. The van der Waals surface area contributed by atoms with Crippen molar-refractivity contribution in [1.82, 2.24) is 9.55 Å². The molecule has 0 saturated heterocycles. The molecule has 0 unspecified atom stereocenters. The quantitative estimate of drug-likeness (QED) is 0.669. The summed E-state index contributed by atoms with van der Waals surface area (Å²) in [6.45, 7) is 0.815. The van der Waals surface area contributed by atoms with Crippen LogP contribution in [0, 0.1) is 0 Å². The van der Waals surface area contributed by atoms with Crippen LogP contribution in [-0.2, 0) is 6.54 Å². The maximum Gasteiger partial charge on any atom is 0.0672 e. The van der Waals surface area contributed by atoms with Crippen molar-refractivity contribution in [3.8, 4) is 0 Å². The van der Waals surface area contributed by atoms with Crippen molar-refractivity contribution in [2.75, 3.05) is 0 Å². The molecule has 1 aromatic carbocycles. The van der Waals surface area contributed by atoms with Crippen LogP contribution in [0.15, 0.2) is 55.0 Å². The number of para-hydroxylation sites is 1. The molecule has 84 valence electrons. The molecular weight excluding hydrogens is 232 g/mol. The van der Waals surface area contributed by atoms with E-state index >= 15 is 0 Å². The monoisotopic (exact) mass is 242 g/mol. The lowest BCUT2D eigenvalue weighted by atomic mass is 10.2. The Hall–Kier alpha value is -1.80. The molecule has 0 aliphatic heterocycles. The molecule has 17 heavy (non-hydrogen) atoms. The summed E-state index contributed by atoms with van der Waals surface area (Å²) in [6, 6.07) is 12.1. The molecule has 3 rings (SSSR count). The summed E-state index contributed by atoms with van der Waals surface area (Å²) in [5.41, 5.74) is 2.31. The van der Waals surface area contributed by atoms with Crippen molar-refractivity contribution in [1.29, 1.82) is 0 Å². The molecule has 2 aromatic heterocycles. The molecule has 2 nitrogen and oxygen atoms in total. The van der Waals surface area contributed by atoms with E-state index < -0.39 is 0 Å². The second-order valence-electron chi connectivity index (χ2n) is 3.98. The number of hydrogen-bond acceptors (Lipinski definition) is 1. The zero-order valence-electron chi connectivity index (χ0n) is 9.18. The summed E-state index contributed by atoms with van der Waals surface area (Å²) >= 11 is 6.24. The zero-order valence-corrected chi connectivity index (χ0v) is 9.93. The maximum absolute atomic E-state index is 6.24. The lowest BCUT2D eigenvalue weighted by Crippen LogP contribution is -1.98. The van der Waals surface area contributed by atoms with Gasteiger partial charge in [0.05, 0.1) is 10.5 Å². The molecule has 0 saturated carbocycles. The van der Waals surface area contributed by atoms with Gasteiger partial charge in [-0.25, -0.2) is 0 Å². The van der Waals surface area contributed by atoms with Gasteiger partial charge in [0, 0.05) is 30.5 Å². The van der Waals surface area contributed by atoms with Gasteiger partial charge >= 0.3 is 0 Å². The van der Waals surface area contributed by atoms with Gasteiger partial charge in [0.25, 0.3) is 0 Å². The normalized spacial score (nSPS) is 10.9. The highest BCUT2D eigenvalue weighted by atomic mass is 35.5. The Morgan fingerprint density at radius 2 is 1.88 bits per heavy atom. The number of fused-ring (bicyclic) bond motifs is 1. The van der Waals surface area contributed by atoms with Crippen LogP contribution in [0.5, 0.6) is 0 Å². The smallest absolute Gasteiger partial charge is 0.0672 e. The number of rotatable bonds is 2. The minimum Gasteiger partial charge on any atom is -0.342 e. The third-order valence-corrected chi connectivity index (χ3v) is 3.15. The molecule has 0 aliphatic rings. The largest absolute Gasteiger partial charge is 0.342 e. The molecule has 0 N–H and O–H groups in total. The van der Waals surface area contributed by atoms with Gasteiger partial charge in [-0.3, -0.25) is 4.98 Å². The molecule has 0 fully saturated rings. The number of benzene rings is 1. The van der Waals surface area contributed by atoms with Crippen molar-refractivity contribution in [2.24, 2.45) is 0 Å². The molecule has 0 aliphatic carbocycles. The molecule has 0 amide bonds. The standard InChI is InChI=1S/C14H11ClN2/c15-13-3-1-2-12-6-9-17(14(12)13)10-11-4-7-16-8-5-11/h1-9H,10H2. The summed E-state index contributed by atoms with van der Waals surface area (Å²) in [5.74, 6) is 0. The highest BCUT2D eigenvalue weighted by Crippen LogP contribution is 2.24. The Kier molecular flexibility index (Phi) is 2.57. The van der Waals surface area contributed by atoms with Crippen LogP contribution in [0.4, 0.5) is 0 Å². The van der Waals surface area contributed by atoms with Crippen molar-refractivity contribution < 1.29 is 0 Å². The molecule has 2 heterocycles. The summed E-state index contributed by atoms with van der Waals surface area (Å²) < 4.78 is 2.16. The van der Waals surface area contributed by atoms with E-state index in [1.807, 2.05) is 36.7 Å². The van der Waals surface area contributed by atoms with Crippen LogP contribution < -0.4 is 0 Å². The van der Waals surface area contributed by atoms with Gasteiger partial charge in [0.2, 0.25) is 0 Å². The number of aromatic nitrogens is 2. The van der Waals surface area contributed by atoms with E-state index in [2.05, 4.69) is 27.9 Å². The van der Waals surface area contributed by atoms with Crippen LogP contribution in [0.3, 0.4) is 0 Å². The SMILES string of the molecule is Clc1cccc2ccn(Cc3ccncc3)c12. The van der Waals surface area contributed by atoms with Gasteiger partial charge in [-0.2, -0.15) is 0 Å². The van der Waals surface area contributed by atoms with Gasteiger partial charge < -0.3 is 4.57 Å². The van der Waals surface area contributed by atoms with Crippen molar-refractivity contribution in [2.45, 2.75) is 6.54 Å². The minimum absolute atomic E-state index is 0.793. The average Bonchev–Trinajstić information content (AvgIpc) is 2.75. The highest BCUT2D eigenvalue weighted by molar-refractivity contribution is 6.35. The van der Waals surface area contributed by atoms with Crippen molar-refractivity contribution in [3.63, 3.8) is 0 Å². The fourth-order valence-corrected chi connectivity index (χ4v) is 2.32. The van der Waals surface area contributed by atoms with Crippen LogP contribution in [0.2, 0.25) is 5.02 Å². The minimum atomic E-state index is 0.793. The average molecular weight is 243 g/mol. The Labute approximate surface area is 104 Å². The number of nitrogens with zero attached hydrogens (tertiary/aromatic N) is 2. The van der Waals surface area contributed by atoms with Crippen LogP contribution in [0.1, 0.15) is 5.56 Å². The summed E-state index contributed by atoms with van der Waals surface area (Å²) in [4.78, 5) is 4.02. The van der Waals surface area contributed by atoms with Gasteiger partial charge in [-0.1, -0.05) is 23.7 Å². The molecule has 0 spiro atoms. The first-order valence-electron chi connectivity index (χ1n) is 5.47. The number of pyridine rings is 1. The Balaban J connectivity index is 2.07. The van der Waals surface area contributed by atoms with Crippen LogP contribution in [-0.4, -0.2) is 9.55 Å². The first-order chi connectivity index (χ1) is 8.34. The second kappa shape index (κ2) is 4.22. The van der Waals surface area contributed by atoms with Crippen molar-refractivity contribution in [3.05, 3.63) is 65.6 Å². The fourth-order valence-electron chi connectivity index (χ4n) is 2.03. The maximum atomic E-state index is 6.24. The van der Waals surface area contributed by atoms with E-state index in [0.717, 1.165) is 17.1 Å². The fraction of sp³-hybridized carbons (Fsp3) is 0.0714. The second-order valence-corrected chi connectivity index (χ2v) is 4.38. The summed E-state index contributed by atoms with van der Waals surface area (Å²) in [6.07, 6.45) is 5.68. The predicted molar refractivity (Wildman–Crippen MR) is 70.3 cm³/mol. The molecular formula is C14H11ClN2. The van der Waals surface area contributed by atoms with E-state index in [0.29, 0.717) is 0 Å². The van der Waals surface area contributed by atoms with Gasteiger partial charge in [0.1, 0.15) is 0 Å². The zero-order chi connectivity index (χ0) is 11.7. The third-order valence-electron chi connectivity index (χ3n) is 2.84. The molecule has 0 atom stereocenters. The predicted octanol–water partition coefficient (Wildman–Crippen LogP) is 3.74. The van der Waals surface area contributed by atoms with Crippen molar-refractivity contribution >= 4 is 22.5 Å². The van der Waals surface area contributed by atoms with Gasteiger partial charge in [-0.05, 0) is 29.8 Å². The molecule has 3 aromatic rings. The first kappa shape index (κ1) is 10.4. The molecule has 0 radical (unpaired) electrons. The third kappa shape index (κ3) is 1.92. The summed E-state index contributed by atoms with van der Waals surface area (Å²) in [7, 11) is 0. The Morgan fingerprint density at radius 3 is 2.71 bits per heavy atom. The lowest BCUT2D eigenvalue weighted by Gasteiger charge is -2.06. The molecule has 3 heteroatoms. The topological polar surface area (TPSA) is 17.8 Å². The Bertz CT molecular complexity index is 644. The lowest BCUT2D eigenvalue weighted by molar-refractivity contribution is 0.835. The van der Waals surface area contributed by atoms with Gasteiger partial charge in [0.15, 0.2) is 0 Å². The van der Waals surface area contributed by atoms with E-state index in [9.17, 15) is 0 Å². The van der Waals surface area contributed by atoms with Crippen LogP contribution >= 0.6 is 11.6 Å². The van der Waals surface area contributed by atoms with E-state index in [1.165, 1.54) is 10.9 Å². The van der Waals surface area contributed by atoms with Crippen LogP contribution in [0.25, 0.3) is 10.9 Å². The first-order valence-corrected chi connectivity index (χ1v) is 5.84. The molecule has 0 bridgehead atoms. The van der Waals surface area contributed by atoms with E-state index in [1.54, 1.807) is 0 Å². The van der Waals surface area contributed by atoms with E-state index in [-0.39, 0.29) is 0 Å². The summed E-state index contributed by atoms with van der Waals surface area (Å²) in [5, 5.41) is 1.97. The van der Waals surface area contributed by atoms with Gasteiger partial charge in [-0.15, -0.1) is 0 Å². The Morgan fingerprint density at radius 1 is 1.06 bits per heavy atom. The number of halogens is 1. The van der Waals surface area contributed by atoms with E-state index in [4.69, 9.17) is 11.6 Å². The highest BCUT2D eigenvalue weighted by Gasteiger charge is 2.04.